The molecule has 0 unspecified atom stereocenters. The number of hydrogen-bond acceptors (Lipinski definition) is 2. The first-order valence-corrected chi connectivity index (χ1v) is 23.8. The van der Waals surface area contributed by atoms with Crippen LogP contribution >= 0.6 is 0 Å². The summed E-state index contributed by atoms with van der Waals surface area (Å²) in [7, 11) is 0. The van der Waals surface area contributed by atoms with Crippen molar-refractivity contribution in [1.82, 2.24) is 0 Å². The average Bonchev–Trinajstić information content (AvgIpc) is 3.90. The van der Waals surface area contributed by atoms with E-state index in [9.17, 15) is 0 Å². The Balaban J connectivity index is 0.808. The molecule has 2 nitrogen and oxygen atoms in total. The summed E-state index contributed by atoms with van der Waals surface area (Å²) in [5.74, 6) is 0. The molecule has 1 spiro atoms. The van der Waals surface area contributed by atoms with Crippen LogP contribution < -0.4 is 9.80 Å². The molecule has 0 aliphatic heterocycles. The van der Waals surface area contributed by atoms with Crippen LogP contribution in [0.2, 0.25) is 0 Å². The second kappa shape index (κ2) is 16.7. The fraction of sp³-hybridized carbons (Fsp3) is 0.0149. The van der Waals surface area contributed by atoms with Crippen molar-refractivity contribution in [3.8, 4) is 55.6 Å². The van der Waals surface area contributed by atoms with Gasteiger partial charge in [0.15, 0.2) is 0 Å². The number of rotatable bonds is 9. The van der Waals surface area contributed by atoms with E-state index in [2.05, 4.69) is 289 Å². The molecule has 0 heterocycles. The van der Waals surface area contributed by atoms with Crippen LogP contribution in [0.4, 0.5) is 34.1 Å². The molecule has 69 heavy (non-hydrogen) atoms. The second-order valence-corrected chi connectivity index (χ2v) is 18.0. The van der Waals surface area contributed by atoms with Gasteiger partial charge in [-0.2, -0.15) is 0 Å². The van der Waals surface area contributed by atoms with Crippen LogP contribution in [0, 0.1) is 0 Å². The van der Waals surface area contributed by atoms with Crippen molar-refractivity contribution in [2.75, 3.05) is 9.80 Å². The van der Waals surface area contributed by atoms with E-state index < -0.39 is 5.41 Å². The maximum atomic E-state index is 2.46. The molecular weight excluding hydrogens is 833 g/mol. The zero-order valence-electron chi connectivity index (χ0n) is 38.0. The summed E-state index contributed by atoms with van der Waals surface area (Å²) in [5.41, 5.74) is 24.0. The molecule has 2 heteroatoms. The van der Waals surface area contributed by atoms with E-state index in [1.165, 1.54) is 77.9 Å². The molecule has 0 saturated carbocycles. The van der Waals surface area contributed by atoms with Gasteiger partial charge in [-0.25, -0.2) is 0 Å². The topological polar surface area (TPSA) is 6.48 Å². The molecule has 0 aromatic heterocycles. The number of nitrogens with zero attached hydrogens (tertiary/aromatic N) is 2. The van der Waals surface area contributed by atoms with Crippen molar-refractivity contribution in [2.24, 2.45) is 0 Å². The van der Waals surface area contributed by atoms with Crippen LogP contribution in [0.1, 0.15) is 22.3 Å². The summed E-state index contributed by atoms with van der Waals surface area (Å²) >= 11 is 0. The molecule has 0 saturated heterocycles. The normalized spacial score (nSPS) is 12.5. The quantitative estimate of drug-likeness (QED) is 0.143. The molecule has 324 valence electrons. The monoisotopic (exact) mass is 878 g/mol. The van der Waals surface area contributed by atoms with Crippen molar-refractivity contribution >= 4 is 34.1 Å². The van der Waals surface area contributed by atoms with E-state index in [-0.39, 0.29) is 0 Å². The fourth-order valence-electron chi connectivity index (χ4n) is 11.2. The van der Waals surface area contributed by atoms with E-state index in [0.717, 1.165) is 34.1 Å². The summed E-state index contributed by atoms with van der Waals surface area (Å²) in [4.78, 5) is 4.72. The minimum atomic E-state index is -0.409. The second-order valence-electron chi connectivity index (χ2n) is 18.0. The molecule has 13 rings (SSSR count). The van der Waals surface area contributed by atoms with Gasteiger partial charge in [0.05, 0.1) is 5.41 Å². The van der Waals surface area contributed by atoms with Crippen LogP contribution in [0.15, 0.2) is 279 Å². The van der Waals surface area contributed by atoms with Gasteiger partial charge in [0, 0.05) is 34.1 Å². The SMILES string of the molecule is c1ccc(-c2ccc(N(c3ccccc3)c3ccc(-c4ccc(-c5ccc(N(c6ccccc6)c6ccc7c(c6)C6(c8ccccc8-c8ccccc86)c6ccccc6-7)cc5)cc4)cc3)cc2)cc1. The van der Waals surface area contributed by atoms with E-state index in [0.29, 0.717) is 0 Å². The van der Waals surface area contributed by atoms with Gasteiger partial charge in [-0.15, -0.1) is 0 Å². The highest BCUT2D eigenvalue weighted by atomic mass is 15.1. The smallest absolute Gasteiger partial charge is 0.0726 e. The lowest BCUT2D eigenvalue weighted by Crippen LogP contribution is -2.26. The Morgan fingerprint density at radius 1 is 0.188 bits per heavy atom. The fourth-order valence-corrected chi connectivity index (χ4v) is 11.2. The molecular formula is C67H46N2. The van der Waals surface area contributed by atoms with Gasteiger partial charge in [0.1, 0.15) is 0 Å². The summed E-state index contributed by atoms with van der Waals surface area (Å²) in [5, 5.41) is 0. The first-order valence-electron chi connectivity index (χ1n) is 23.8. The molecule has 2 aliphatic rings. The van der Waals surface area contributed by atoms with Crippen LogP contribution in [-0.4, -0.2) is 0 Å². The third-order valence-electron chi connectivity index (χ3n) is 14.3. The maximum absolute atomic E-state index is 2.46. The first kappa shape index (κ1) is 40.3. The van der Waals surface area contributed by atoms with Gasteiger partial charge in [-0.05, 0) is 151 Å². The summed E-state index contributed by atoms with van der Waals surface area (Å²) in [6.07, 6.45) is 0. The Hall–Kier alpha value is -8.98. The minimum Gasteiger partial charge on any atom is -0.311 e. The van der Waals surface area contributed by atoms with E-state index in [1.807, 2.05) is 0 Å². The Bertz CT molecular complexity index is 3560. The Labute approximate surface area is 404 Å². The average molecular weight is 879 g/mol. The lowest BCUT2D eigenvalue weighted by atomic mass is 9.70. The Morgan fingerprint density at radius 3 is 0.841 bits per heavy atom. The highest BCUT2D eigenvalue weighted by Crippen LogP contribution is 2.63. The highest BCUT2D eigenvalue weighted by Gasteiger charge is 2.51. The zero-order valence-corrected chi connectivity index (χ0v) is 38.0. The number of fused-ring (bicyclic) bond motifs is 10. The Morgan fingerprint density at radius 2 is 0.449 bits per heavy atom. The van der Waals surface area contributed by atoms with Crippen LogP contribution in [0.3, 0.4) is 0 Å². The molecule has 0 N–H and O–H groups in total. The molecule has 0 bridgehead atoms. The number of benzene rings is 11. The number of para-hydroxylation sites is 2. The molecule has 0 fully saturated rings. The van der Waals surface area contributed by atoms with Crippen LogP contribution in [0.25, 0.3) is 55.6 Å². The molecule has 2 aliphatic carbocycles. The molecule has 11 aromatic rings. The summed E-state index contributed by atoms with van der Waals surface area (Å²) in [6.45, 7) is 0. The molecule has 0 amide bonds. The zero-order chi connectivity index (χ0) is 45.7. The summed E-state index contributed by atoms with van der Waals surface area (Å²) < 4.78 is 0. The van der Waals surface area contributed by atoms with E-state index in [4.69, 9.17) is 0 Å². The van der Waals surface area contributed by atoms with Crippen molar-refractivity contribution in [3.63, 3.8) is 0 Å². The van der Waals surface area contributed by atoms with Crippen molar-refractivity contribution in [2.45, 2.75) is 5.41 Å². The van der Waals surface area contributed by atoms with E-state index >= 15 is 0 Å². The first-order chi connectivity index (χ1) is 34.2. The van der Waals surface area contributed by atoms with Gasteiger partial charge in [-0.1, -0.05) is 206 Å². The lowest BCUT2D eigenvalue weighted by Gasteiger charge is -2.32. The molecule has 0 radical (unpaired) electrons. The van der Waals surface area contributed by atoms with Gasteiger partial charge < -0.3 is 9.80 Å². The van der Waals surface area contributed by atoms with Crippen molar-refractivity contribution < 1.29 is 0 Å². The van der Waals surface area contributed by atoms with Gasteiger partial charge in [0.2, 0.25) is 0 Å². The summed E-state index contributed by atoms with van der Waals surface area (Å²) in [6, 6.07) is 102. The number of hydrogen-bond donors (Lipinski definition) is 0. The van der Waals surface area contributed by atoms with Gasteiger partial charge >= 0.3 is 0 Å². The molecule has 0 atom stereocenters. The van der Waals surface area contributed by atoms with E-state index in [1.54, 1.807) is 0 Å². The highest BCUT2D eigenvalue weighted by molar-refractivity contribution is 5.96. The standard InChI is InChI=1S/C67H46N2/c1-4-16-47(17-5-1)50-32-38-55(39-33-50)68(53-18-6-2-7-19-53)56-40-34-51(35-41-56)48-28-30-49(31-29-48)52-36-42-57(43-37-52)69(54-20-8-3-9-21-54)58-44-45-62-61-24-12-15-27-65(61)67(66(62)46-58)63-25-13-10-22-59(63)60-23-11-14-26-64(60)67/h1-46H. The predicted octanol–water partition coefficient (Wildman–Crippen LogP) is 18.0. The number of anilines is 6. The minimum absolute atomic E-state index is 0.409. The predicted molar refractivity (Wildman–Crippen MR) is 288 cm³/mol. The molecule has 11 aromatic carbocycles. The third kappa shape index (κ3) is 6.72. The van der Waals surface area contributed by atoms with Crippen LogP contribution in [-0.2, 0) is 5.41 Å². The maximum Gasteiger partial charge on any atom is 0.0726 e. The van der Waals surface area contributed by atoms with Gasteiger partial charge in [0.25, 0.3) is 0 Å². The van der Waals surface area contributed by atoms with Gasteiger partial charge in [-0.3, -0.25) is 0 Å². The van der Waals surface area contributed by atoms with Crippen molar-refractivity contribution in [1.29, 1.82) is 0 Å². The largest absolute Gasteiger partial charge is 0.311 e. The third-order valence-corrected chi connectivity index (χ3v) is 14.3. The lowest BCUT2D eigenvalue weighted by molar-refractivity contribution is 0.793. The Kier molecular flexibility index (Phi) is 9.77. The van der Waals surface area contributed by atoms with Crippen LogP contribution in [0.5, 0.6) is 0 Å². The van der Waals surface area contributed by atoms with Crippen molar-refractivity contribution in [3.05, 3.63) is 301 Å².